The molecule has 2 aromatic rings. The van der Waals surface area contributed by atoms with E-state index in [1.165, 1.54) is 19.0 Å². The van der Waals surface area contributed by atoms with Crippen LogP contribution in [-0.2, 0) is 14.4 Å². The molecule has 0 saturated carbocycles. The van der Waals surface area contributed by atoms with Crippen LogP contribution in [0.2, 0.25) is 0 Å². The van der Waals surface area contributed by atoms with Gasteiger partial charge in [-0.3, -0.25) is 19.3 Å². The number of amides is 2. The molecule has 11 heteroatoms. The van der Waals surface area contributed by atoms with Gasteiger partial charge in [0.25, 0.3) is 0 Å². The van der Waals surface area contributed by atoms with Gasteiger partial charge in [-0.25, -0.2) is 4.79 Å². The zero-order valence-electron chi connectivity index (χ0n) is 25.4. The summed E-state index contributed by atoms with van der Waals surface area (Å²) in [6.07, 6.45) is 6.10. The summed E-state index contributed by atoms with van der Waals surface area (Å²) in [6, 6.07) is 12.1. The molecule has 1 aliphatic rings. The molecule has 1 atom stereocenters. The van der Waals surface area contributed by atoms with E-state index in [4.69, 9.17) is 9.84 Å². The summed E-state index contributed by atoms with van der Waals surface area (Å²) in [4.78, 5) is 59.8. The summed E-state index contributed by atoms with van der Waals surface area (Å²) in [6.45, 7) is 7.74. The third-order valence-corrected chi connectivity index (χ3v) is 7.38. The molecule has 2 N–H and O–H groups in total. The minimum atomic E-state index is -0.924. The Hall–Kier alpha value is -4.25. The van der Waals surface area contributed by atoms with Gasteiger partial charge in [-0.1, -0.05) is 6.07 Å². The standard InChI is InChI=1S/C24H30N2O4.C8H14N2O3/c1-19-5-8-22(17-21(19)18-27)26-14-12-25(13-15-26)11-3-2-4-16-30-23-9-6-20(7-10-23)24(28)29;1-9-8(13)7(4-3-5-11)10(2)6-12/h5-10,17-18H,2-4,11-16H2,1H3,(H,28,29);5-7H,3-4H2,1-2H3,(H,9,13). The molecule has 234 valence electrons. The van der Waals surface area contributed by atoms with Crippen LogP contribution in [0, 0.1) is 6.92 Å². The van der Waals surface area contributed by atoms with Gasteiger partial charge in [0.1, 0.15) is 24.4 Å². The van der Waals surface area contributed by atoms with E-state index in [9.17, 15) is 24.0 Å². The highest BCUT2D eigenvalue weighted by molar-refractivity contribution is 5.87. The maximum absolute atomic E-state index is 11.2. The highest BCUT2D eigenvalue weighted by atomic mass is 16.5. The summed E-state index contributed by atoms with van der Waals surface area (Å²) in [5, 5.41) is 11.3. The number of carbonyl (C=O) groups is 5. The van der Waals surface area contributed by atoms with Crippen molar-refractivity contribution >= 4 is 36.5 Å². The first-order chi connectivity index (χ1) is 20.7. The first-order valence-electron chi connectivity index (χ1n) is 14.6. The zero-order valence-corrected chi connectivity index (χ0v) is 25.4. The van der Waals surface area contributed by atoms with Gasteiger partial charge in [0.05, 0.1) is 12.2 Å². The Kier molecular flexibility index (Phi) is 15.5. The van der Waals surface area contributed by atoms with Gasteiger partial charge in [0, 0.05) is 57.9 Å². The van der Waals surface area contributed by atoms with Crippen molar-refractivity contribution in [1.82, 2.24) is 15.1 Å². The predicted molar refractivity (Wildman–Crippen MR) is 165 cm³/mol. The Labute approximate surface area is 253 Å². The fraction of sp³-hybridized carbons (Fsp3) is 0.469. The van der Waals surface area contributed by atoms with Crippen molar-refractivity contribution in [3.05, 3.63) is 59.2 Å². The Morgan fingerprint density at radius 3 is 2.30 bits per heavy atom. The molecular weight excluding hydrogens is 552 g/mol. The van der Waals surface area contributed by atoms with Crippen LogP contribution < -0.4 is 15.0 Å². The summed E-state index contributed by atoms with van der Waals surface area (Å²) < 4.78 is 5.69. The van der Waals surface area contributed by atoms with Crippen LogP contribution in [0.3, 0.4) is 0 Å². The first kappa shape index (κ1) is 34.9. The SMILES string of the molecule is CNC(=O)C(CCC=O)N(C)C=O.Cc1ccc(N2CCN(CCCCCOc3ccc(C(=O)O)cc3)CC2)cc1C=O. The van der Waals surface area contributed by atoms with Crippen LogP contribution in [0.15, 0.2) is 42.5 Å². The van der Waals surface area contributed by atoms with E-state index in [0.29, 0.717) is 25.2 Å². The smallest absolute Gasteiger partial charge is 0.335 e. The molecule has 43 heavy (non-hydrogen) atoms. The Morgan fingerprint density at radius 2 is 1.72 bits per heavy atom. The molecular formula is C32H44N4O7. The van der Waals surface area contributed by atoms with Crippen LogP contribution in [0.4, 0.5) is 5.69 Å². The lowest BCUT2D eigenvalue weighted by molar-refractivity contribution is -0.131. The molecule has 1 saturated heterocycles. The molecule has 0 radical (unpaired) electrons. The number of carboxylic acid groups (broad SMARTS) is 1. The molecule has 0 aromatic heterocycles. The fourth-order valence-corrected chi connectivity index (χ4v) is 4.66. The van der Waals surface area contributed by atoms with Gasteiger partial charge in [0.2, 0.25) is 12.3 Å². The number of carboxylic acids is 1. The topological polar surface area (TPSA) is 137 Å². The van der Waals surface area contributed by atoms with E-state index in [1.807, 2.05) is 19.1 Å². The average Bonchev–Trinajstić information content (AvgIpc) is 3.03. The number of rotatable bonds is 16. The molecule has 1 heterocycles. The van der Waals surface area contributed by atoms with Gasteiger partial charge < -0.3 is 29.8 Å². The van der Waals surface area contributed by atoms with Crippen molar-refractivity contribution in [2.75, 3.05) is 58.3 Å². The van der Waals surface area contributed by atoms with E-state index < -0.39 is 12.0 Å². The Bertz CT molecular complexity index is 1180. The lowest BCUT2D eigenvalue weighted by Gasteiger charge is -2.36. The van der Waals surface area contributed by atoms with Crippen molar-refractivity contribution in [2.24, 2.45) is 0 Å². The lowest BCUT2D eigenvalue weighted by atomic mass is 10.1. The number of ether oxygens (including phenoxy) is 1. The quantitative estimate of drug-likeness (QED) is 0.221. The summed E-state index contributed by atoms with van der Waals surface area (Å²) >= 11 is 0. The van der Waals surface area contributed by atoms with Gasteiger partial charge in [-0.05, 0) is 81.1 Å². The summed E-state index contributed by atoms with van der Waals surface area (Å²) in [5.74, 6) is -0.464. The van der Waals surface area contributed by atoms with Crippen LogP contribution in [0.25, 0.3) is 0 Å². The molecule has 2 aromatic carbocycles. The maximum atomic E-state index is 11.2. The zero-order chi connectivity index (χ0) is 31.6. The number of likely N-dealkylation sites (N-methyl/N-ethyl adjacent to an activating group) is 2. The third-order valence-electron chi connectivity index (χ3n) is 7.38. The van der Waals surface area contributed by atoms with Crippen LogP contribution in [0.1, 0.15) is 58.4 Å². The number of carbonyl (C=O) groups excluding carboxylic acids is 4. The molecule has 1 fully saturated rings. The number of hydrogen-bond acceptors (Lipinski definition) is 8. The highest BCUT2D eigenvalue weighted by Gasteiger charge is 2.20. The van der Waals surface area contributed by atoms with E-state index in [0.717, 1.165) is 81.4 Å². The number of hydrogen-bond donors (Lipinski definition) is 2. The number of aromatic carboxylic acids is 1. The molecule has 11 nitrogen and oxygen atoms in total. The van der Waals surface area contributed by atoms with Crippen molar-refractivity contribution in [3.8, 4) is 5.75 Å². The van der Waals surface area contributed by atoms with Gasteiger partial charge in [-0.2, -0.15) is 0 Å². The fourth-order valence-electron chi connectivity index (χ4n) is 4.66. The Morgan fingerprint density at radius 1 is 1.02 bits per heavy atom. The summed E-state index contributed by atoms with van der Waals surface area (Å²) in [5.41, 5.74) is 3.20. The van der Waals surface area contributed by atoms with Crippen LogP contribution in [-0.4, -0.2) is 105 Å². The minimum absolute atomic E-state index is 0.253. The van der Waals surface area contributed by atoms with E-state index in [-0.39, 0.29) is 17.9 Å². The maximum Gasteiger partial charge on any atom is 0.335 e. The van der Waals surface area contributed by atoms with Crippen molar-refractivity contribution in [1.29, 1.82) is 0 Å². The molecule has 3 rings (SSSR count). The summed E-state index contributed by atoms with van der Waals surface area (Å²) in [7, 11) is 3.01. The first-order valence-corrected chi connectivity index (χ1v) is 14.6. The molecule has 2 amide bonds. The van der Waals surface area contributed by atoms with Crippen LogP contribution in [0.5, 0.6) is 5.75 Å². The second-order valence-corrected chi connectivity index (χ2v) is 10.4. The van der Waals surface area contributed by atoms with E-state index >= 15 is 0 Å². The minimum Gasteiger partial charge on any atom is -0.494 e. The number of aryl methyl sites for hydroxylation is 1. The Balaban J connectivity index is 0.000000420. The van der Waals surface area contributed by atoms with Crippen molar-refractivity contribution in [3.63, 3.8) is 0 Å². The van der Waals surface area contributed by atoms with Gasteiger partial charge in [0.15, 0.2) is 0 Å². The predicted octanol–water partition coefficient (Wildman–Crippen LogP) is 3.05. The number of piperazine rings is 1. The molecule has 0 spiro atoms. The van der Waals surface area contributed by atoms with Crippen molar-refractivity contribution in [2.45, 2.75) is 45.1 Å². The number of anilines is 1. The normalized spacial score (nSPS) is 13.6. The van der Waals surface area contributed by atoms with E-state index in [2.05, 4.69) is 21.2 Å². The lowest BCUT2D eigenvalue weighted by Crippen LogP contribution is -2.46. The molecule has 0 aliphatic carbocycles. The highest BCUT2D eigenvalue weighted by Crippen LogP contribution is 2.20. The van der Waals surface area contributed by atoms with Gasteiger partial charge >= 0.3 is 5.97 Å². The number of benzene rings is 2. The number of aldehydes is 2. The number of unbranched alkanes of at least 4 members (excludes halogenated alkanes) is 2. The second-order valence-electron chi connectivity index (χ2n) is 10.4. The third kappa shape index (κ3) is 11.9. The van der Waals surface area contributed by atoms with Crippen molar-refractivity contribution < 1.29 is 33.8 Å². The number of nitrogens with zero attached hydrogens (tertiary/aromatic N) is 3. The molecule has 1 unspecified atom stereocenters. The second kappa shape index (κ2) is 19.0. The largest absolute Gasteiger partial charge is 0.494 e. The molecule has 0 bridgehead atoms. The van der Waals surface area contributed by atoms with Crippen LogP contribution >= 0.6 is 0 Å². The van der Waals surface area contributed by atoms with E-state index in [1.54, 1.807) is 24.3 Å². The van der Waals surface area contributed by atoms with Gasteiger partial charge in [-0.15, -0.1) is 0 Å². The monoisotopic (exact) mass is 596 g/mol. The average molecular weight is 597 g/mol. The molecule has 1 aliphatic heterocycles. The number of nitrogens with one attached hydrogen (secondary N) is 1.